The van der Waals surface area contributed by atoms with Gasteiger partial charge in [0.1, 0.15) is 6.26 Å². The zero-order valence-corrected chi connectivity index (χ0v) is 19.6. The highest BCUT2D eigenvalue weighted by Crippen LogP contribution is 2.37. The van der Waals surface area contributed by atoms with Gasteiger partial charge < -0.3 is 14.2 Å². The van der Waals surface area contributed by atoms with Crippen molar-refractivity contribution in [3.63, 3.8) is 0 Å². The van der Waals surface area contributed by atoms with Crippen LogP contribution in [0.4, 0.5) is 5.95 Å². The molecule has 174 valence electrons. The summed E-state index contributed by atoms with van der Waals surface area (Å²) in [7, 11) is 4.84. The van der Waals surface area contributed by atoms with Gasteiger partial charge in [-0.1, -0.05) is 65.8 Å². The first kappa shape index (κ1) is 23.0. The van der Waals surface area contributed by atoms with Gasteiger partial charge in [0.15, 0.2) is 11.5 Å². The first-order valence-corrected chi connectivity index (χ1v) is 10.8. The van der Waals surface area contributed by atoms with E-state index in [2.05, 4.69) is 17.1 Å². The molecule has 0 amide bonds. The molecule has 2 aromatic heterocycles. The van der Waals surface area contributed by atoms with Crippen LogP contribution < -0.4 is 15.2 Å². The van der Waals surface area contributed by atoms with Crippen molar-refractivity contribution in [3.05, 3.63) is 106 Å². The topological polar surface area (TPSA) is 90.5 Å². The molecule has 0 aliphatic rings. The Bertz CT molecular complexity index is 1290. The number of ether oxygens (including phenoxy) is 1. The van der Waals surface area contributed by atoms with Gasteiger partial charge in [-0.2, -0.15) is 0 Å². The number of ketones is 1. The van der Waals surface area contributed by atoms with Gasteiger partial charge >= 0.3 is 0 Å². The SMILES string of the molecule is COc1c(C(=O)Cc2cnoc2)nc(N(C)C(C)(c2ccccc2)c2ccccc2)n(C)c1=O. The quantitative estimate of drug-likeness (QED) is 0.373. The molecule has 0 aliphatic heterocycles. The average Bonchev–Trinajstić information content (AvgIpc) is 3.38. The summed E-state index contributed by atoms with van der Waals surface area (Å²) in [6.07, 6.45) is 2.83. The maximum absolute atomic E-state index is 13.2. The number of anilines is 1. The van der Waals surface area contributed by atoms with E-state index < -0.39 is 11.1 Å². The van der Waals surface area contributed by atoms with Crippen LogP contribution in [0, 0.1) is 0 Å². The predicted molar refractivity (Wildman–Crippen MR) is 128 cm³/mol. The Balaban J connectivity index is 1.89. The number of rotatable bonds is 8. The molecule has 4 aromatic rings. The highest BCUT2D eigenvalue weighted by atomic mass is 16.5. The van der Waals surface area contributed by atoms with Crippen molar-refractivity contribution in [2.24, 2.45) is 7.05 Å². The molecule has 34 heavy (non-hydrogen) atoms. The third-order valence-electron chi connectivity index (χ3n) is 6.18. The second kappa shape index (κ2) is 9.35. The van der Waals surface area contributed by atoms with E-state index in [1.165, 1.54) is 24.1 Å². The van der Waals surface area contributed by atoms with Crippen LogP contribution in [0.25, 0.3) is 0 Å². The van der Waals surface area contributed by atoms with E-state index in [1.54, 1.807) is 7.05 Å². The zero-order valence-electron chi connectivity index (χ0n) is 19.6. The predicted octanol–water partition coefficient (Wildman–Crippen LogP) is 3.60. The van der Waals surface area contributed by atoms with Gasteiger partial charge in [0.05, 0.1) is 18.8 Å². The average molecular weight is 459 g/mol. The molecule has 0 saturated heterocycles. The maximum atomic E-state index is 13.2. The molecule has 4 rings (SSSR count). The van der Waals surface area contributed by atoms with Crippen LogP contribution in [-0.2, 0) is 19.0 Å². The molecule has 8 heteroatoms. The minimum atomic E-state index is -0.691. The summed E-state index contributed by atoms with van der Waals surface area (Å²) < 4.78 is 11.5. The Morgan fingerprint density at radius 1 is 1.09 bits per heavy atom. The van der Waals surface area contributed by atoms with Crippen LogP contribution in [0.3, 0.4) is 0 Å². The first-order valence-electron chi connectivity index (χ1n) is 10.8. The van der Waals surface area contributed by atoms with Crippen LogP contribution in [0.2, 0.25) is 0 Å². The van der Waals surface area contributed by atoms with E-state index >= 15 is 0 Å². The molecule has 2 aromatic carbocycles. The molecule has 0 bridgehead atoms. The number of benzene rings is 2. The molecule has 0 fully saturated rings. The zero-order chi connectivity index (χ0) is 24.3. The number of carbonyl (C=O) groups is 1. The summed E-state index contributed by atoms with van der Waals surface area (Å²) in [6, 6.07) is 19.9. The van der Waals surface area contributed by atoms with Crippen molar-refractivity contribution in [2.45, 2.75) is 18.9 Å². The molecular weight excluding hydrogens is 432 g/mol. The monoisotopic (exact) mass is 458 g/mol. The lowest BCUT2D eigenvalue weighted by molar-refractivity contribution is 0.0984. The molecule has 0 aliphatic carbocycles. The molecule has 0 unspecified atom stereocenters. The fourth-order valence-electron chi connectivity index (χ4n) is 4.11. The van der Waals surface area contributed by atoms with Crippen LogP contribution in [-0.4, -0.2) is 34.6 Å². The van der Waals surface area contributed by atoms with Crippen LogP contribution in [0.15, 0.2) is 82.4 Å². The molecular formula is C26H26N4O4. The van der Waals surface area contributed by atoms with E-state index in [1.807, 2.05) is 72.6 Å². The van der Waals surface area contributed by atoms with E-state index in [4.69, 9.17) is 9.26 Å². The van der Waals surface area contributed by atoms with Gasteiger partial charge in [0.25, 0.3) is 5.56 Å². The van der Waals surface area contributed by atoms with Gasteiger partial charge in [0.2, 0.25) is 11.7 Å². The van der Waals surface area contributed by atoms with Gasteiger partial charge in [-0.05, 0) is 18.1 Å². The number of nitrogens with zero attached hydrogens (tertiary/aromatic N) is 4. The lowest BCUT2D eigenvalue weighted by atomic mass is 9.83. The molecule has 2 heterocycles. The summed E-state index contributed by atoms with van der Waals surface area (Å²) in [5.41, 5.74) is 1.43. The second-order valence-electron chi connectivity index (χ2n) is 8.15. The fraction of sp³-hybridized carbons (Fsp3) is 0.231. The van der Waals surface area contributed by atoms with Crippen molar-refractivity contribution in [1.29, 1.82) is 0 Å². The molecule has 0 saturated carbocycles. The molecule has 0 radical (unpaired) electrons. The molecule has 8 nitrogen and oxygen atoms in total. The highest BCUT2D eigenvalue weighted by Gasteiger charge is 2.36. The number of Topliss-reactive ketones (excluding diaryl/α,β-unsaturated/α-hetero) is 1. The van der Waals surface area contributed by atoms with E-state index in [0.717, 1.165) is 11.1 Å². The maximum Gasteiger partial charge on any atom is 0.297 e. The Morgan fingerprint density at radius 3 is 2.18 bits per heavy atom. The van der Waals surface area contributed by atoms with Crippen molar-refractivity contribution in [3.8, 4) is 5.75 Å². The molecule has 0 atom stereocenters. The van der Waals surface area contributed by atoms with Crippen molar-refractivity contribution in [1.82, 2.24) is 14.7 Å². The molecule has 0 spiro atoms. The number of hydrogen-bond donors (Lipinski definition) is 0. The summed E-state index contributed by atoms with van der Waals surface area (Å²) in [4.78, 5) is 33.0. The number of hydrogen-bond acceptors (Lipinski definition) is 7. The van der Waals surface area contributed by atoms with Gasteiger partial charge in [-0.15, -0.1) is 0 Å². The number of methoxy groups -OCH3 is 1. The fourth-order valence-corrected chi connectivity index (χ4v) is 4.11. The Labute approximate surface area is 197 Å². The van der Waals surface area contributed by atoms with Gasteiger partial charge in [-0.3, -0.25) is 14.2 Å². The Morgan fingerprint density at radius 2 is 1.68 bits per heavy atom. The van der Waals surface area contributed by atoms with Gasteiger partial charge in [0, 0.05) is 26.1 Å². The third-order valence-corrected chi connectivity index (χ3v) is 6.18. The minimum Gasteiger partial charge on any atom is -0.489 e. The summed E-state index contributed by atoms with van der Waals surface area (Å²) in [6.45, 7) is 2.06. The van der Waals surface area contributed by atoms with Crippen molar-refractivity contribution < 1.29 is 14.1 Å². The summed E-state index contributed by atoms with van der Waals surface area (Å²) in [5.74, 6) is -0.134. The summed E-state index contributed by atoms with van der Waals surface area (Å²) in [5, 5.41) is 3.64. The number of carbonyl (C=O) groups excluding carboxylic acids is 1. The Kier molecular flexibility index (Phi) is 6.32. The van der Waals surface area contributed by atoms with E-state index in [0.29, 0.717) is 11.5 Å². The van der Waals surface area contributed by atoms with Crippen LogP contribution in [0.1, 0.15) is 34.1 Å². The second-order valence-corrected chi connectivity index (χ2v) is 8.15. The largest absolute Gasteiger partial charge is 0.489 e. The van der Waals surface area contributed by atoms with Crippen LogP contribution >= 0.6 is 0 Å². The summed E-state index contributed by atoms with van der Waals surface area (Å²) >= 11 is 0. The highest BCUT2D eigenvalue weighted by molar-refractivity contribution is 5.98. The number of aromatic nitrogens is 3. The van der Waals surface area contributed by atoms with Gasteiger partial charge in [-0.25, -0.2) is 4.98 Å². The normalized spacial score (nSPS) is 11.3. The lowest BCUT2D eigenvalue weighted by Crippen LogP contribution is -2.45. The molecule has 0 N–H and O–H groups in total. The standard InChI is InChI=1S/C26H26N4O4/c1-26(19-11-7-5-8-12-19,20-13-9-6-10-14-20)30(3)25-28-22(23(33-4)24(32)29(25)2)21(31)15-18-16-27-34-17-18/h5-14,16-17H,15H2,1-4H3. The third kappa shape index (κ3) is 3.98. The lowest BCUT2D eigenvalue weighted by Gasteiger charge is -2.41. The minimum absolute atomic E-state index is 0.0161. The Hall–Kier alpha value is -4.20. The smallest absolute Gasteiger partial charge is 0.297 e. The van der Waals surface area contributed by atoms with Crippen molar-refractivity contribution >= 4 is 11.7 Å². The van der Waals surface area contributed by atoms with Crippen LogP contribution in [0.5, 0.6) is 5.75 Å². The van der Waals surface area contributed by atoms with E-state index in [-0.39, 0.29) is 23.6 Å². The van der Waals surface area contributed by atoms with Crippen molar-refractivity contribution in [2.75, 3.05) is 19.1 Å². The van der Waals surface area contributed by atoms with E-state index in [9.17, 15) is 9.59 Å². The first-order chi connectivity index (χ1) is 16.4.